The van der Waals surface area contributed by atoms with Gasteiger partial charge in [-0.3, -0.25) is 0 Å². The lowest BCUT2D eigenvalue weighted by Gasteiger charge is -2.27. The van der Waals surface area contributed by atoms with Crippen molar-refractivity contribution in [1.82, 2.24) is 10.6 Å². The molecule has 5 heteroatoms. The Morgan fingerprint density at radius 2 is 2.06 bits per heavy atom. The van der Waals surface area contributed by atoms with Crippen molar-refractivity contribution in [2.45, 2.75) is 56.7 Å². The fraction of sp³-hybridized carbons (Fsp3) is 1.00. The highest BCUT2D eigenvalue weighted by Gasteiger charge is 2.35. The zero-order chi connectivity index (χ0) is 12.3. The van der Waals surface area contributed by atoms with Gasteiger partial charge in [0.1, 0.15) is 6.10 Å². The van der Waals surface area contributed by atoms with Crippen LogP contribution in [0.5, 0.6) is 0 Å². The average molecular weight is 248 g/mol. The first-order chi connectivity index (χ1) is 8.18. The minimum Gasteiger partial charge on any atom is -0.386 e. The van der Waals surface area contributed by atoms with Gasteiger partial charge in [-0.2, -0.15) is 0 Å². The standard InChI is InChI=1S/C12H22F2N2O/c13-12(14)11(17)7-16-10-4-1-3-8(10)9-5-2-6-15-9/h8-12,15-17H,1-7H2. The molecule has 1 saturated carbocycles. The van der Waals surface area contributed by atoms with E-state index in [-0.39, 0.29) is 6.54 Å². The number of halogens is 2. The number of aliphatic hydroxyl groups excluding tert-OH is 1. The Bertz CT molecular complexity index is 235. The highest BCUT2D eigenvalue weighted by Crippen LogP contribution is 2.31. The molecule has 4 atom stereocenters. The number of rotatable bonds is 5. The largest absolute Gasteiger partial charge is 0.386 e. The first-order valence-corrected chi connectivity index (χ1v) is 6.61. The van der Waals surface area contributed by atoms with Crippen LogP contribution in [0.1, 0.15) is 32.1 Å². The monoisotopic (exact) mass is 248 g/mol. The van der Waals surface area contributed by atoms with Gasteiger partial charge in [0.25, 0.3) is 6.43 Å². The van der Waals surface area contributed by atoms with Crippen LogP contribution in [0.2, 0.25) is 0 Å². The molecule has 3 N–H and O–H groups in total. The van der Waals surface area contributed by atoms with Crippen LogP contribution in [-0.4, -0.2) is 42.8 Å². The van der Waals surface area contributed by atoms with Gasteiger partial charge < -0.3 is 15.7 Å². The van der Waals surface area contributed by atoms with E-state index in [0.717, 1.165) is 19.4 Å². The molecule has 17 heavy (non-hydrogen) atoms. The van der Waals surface area contributed by atoms with Crippen molar-refractivity contribution in [2.24, 2.45) is 5.92 Å². The fourth-order valence-electron chi connectivity index (χ4n) is 3.16. The van der Waals surface area contributed by atoms with E-state index in [2.05, 4.69) is 10.6 Å². The molecule has 2 rings (SSSR count). The second-order valence-corrected chi connectivity index (χ2v) is 5.21. The van der Waals surface area contributed by atoms with Gasteiger partial charge >= 0.3 is 0 Å². The van der Waals surface area contributed by atoms with Crippen LogP contribution in [-0.2, 0) is 0 Å². The Balaban J connectivity index is 1.78. The lowest BCUT2D eigenvalue weighted by molar-refractivity contribution is -0.00542. The van der Waals surface area contributed by atoms with Gasteiger partial charge in [0.05, 0.1) is 0 Å². The molecular formula is C12H22F2N2O. The second-order valence-electron chi connectivity index (χ2n) is 5.21. The number of hydrogen-bond acceptors (Lipinski definition) is 3. The highest BCUT2D eigenvalue weighted by molar-refractivity contribution is 4.93. The quantitative estimate of drug-likeness (QED) is 0.683. The summed E-state index contributed by atoms with van der Waals surface area (Å²) in [5.41, 5.74) is 0. The molecule has 0 amide bonds. The molecule has 0 bridgehead atoms. The van der Waals surface area contributed by atoms with Crippen LogP contribution in [0.4, 0.5) is 8.78 Å². The summed E-state index contributed by atoms with van der Waals surface area (Å²) in [6.07, 6.45) is 1.59. The molecule has 0 aromatic heterocycles. The van der Waals surface area contributed by atoms with Crippen LogP contribution in [0.3, 0.4) is 0 Å². The Kier molecular flexibility index (Phi) is 4.70. The van der Waals surface area contributed by atoms with Crippen molar-refractivity contribution >= 4 is 0 Å². The maximum Gasteiger partial charge on any atom is 0.265 e. The van der Waals surface area contributed by atoms with Gasteiger partial charge in [0.2, 0.25) is 0 Å². The highest BCUT2D eigenvalue weighted by atomic mass is 19.3. The van der Waals surface area contributed by atoms with E-state index in [1.807, 2.05) is 0 Å². The van der Waals surface area contributed by atoms with Crippen molar-refractivity contribution in [2.75, 3.05) is 13.1 Å². The predicted molar refractivity (Wildman–Crippen MR) is 62.2 cm³/mol. The third-order valence-corrected chi connectivity index (χ3v) is 4.06. The molecule has 1 aliphatic heterocycles. The van der Waals surface area contributed by atoms with Gasteiger partial charge in [-0.15, -0.1) is 0 Å². The molecular weight excluding hydrogens is 226 g/mol. The van der Waals surface area contributed by atoms with E-state index in [9.17, 15) is 8.78 Å². The Morgan fingerprint density at radius 3 is 2.71 bits per heavy atom. The van der Waals surface area contributed by atoms with Crippen LogP contribution < -0.4 is 10.6 Å². The smallest absolute Gasteiger partial charge is 0.265 e. The molecule has 2 aliphatic rings. The fourth-order valence-corrected chi connectivity index (χ4v) is 3.16. The van der Waals surface area contributed by atoms with E-state index in [1.54, 1.807) is 0 Å². The van der Waals surface area contributed by atoms with E-state index in [4.69, 9.17) is 5.11 Å². The minimum atomic E-state index is -2.65. The third kappa shape index (κ3) is 3.36. The van der Waals surface area contributed by atoms with Gasteiger partial charge in [0, 0.05) is 18.6 Å². The first kappa shape index (κ1) is 13.2. The molecule has 3 nitrogen and oxygen atoms in total. The summed E-state index contributed by atoms with van der Waals surface area (Å²) < 4.78 is 24.4. The van der Waals surface area contributed by atoms with Crippen molar-refractivity contribution in [1.29, 1.82) is 0 Å². The molecule has 0 spiro atoms. The molecule has 0 aromatic carbocycles. The summed E-state index contributed by atoms with van der Waals surface area (Å²) in [6.45, 7) is 1.08. The Labute approximate surface area is 101 Å². The average Bonchev–Trinajstić information content (AvgIpc) is 2.95. The van der Waals surface area contributed by atoms with Crippen molar-refractivity contribution in [3.8, 4) is 0 Å². The minimum absolute atomic E-state index is 0.00551. The Hall–Kier alpha value is -0.260. The first-order valence-electron chi connectivity index (χ1n) is 6.61. The summed E-state index contributed by atoms with van der Waals surface area (Å²) >= 11 is 0. The molecule has 0 radical (unpaired) electrons. The summed E-state index contributed by atoms with van der Waals surface area (Å²) in [7, 11) is 0. The van der Waals surface area contributed by atoms with E-state index >= 15 is 0 Å². The molecule has 100 valence electrons. The van der Waals surface area contributed by atoms with Crippen LogP contribution in [0.15, 0.2) is 0 Å². The predicted octanol–water partition coefficient (Wildman–Crippen LogP) is 1.12. The lowest BCUT2D eigenvalue weighted by Crippen LogP contribution is -2.45. The number of hydrogen-bond donors (Lipinski definition) is 3. The molecule has 1 aliphatic carbocycles. The third-order valence-electron chi connectivity index (χ3n) is 4.06. The van der Waals surface area contributed by atoms with E-state index in [0.29, 0.717) is 18.0 Å². The maximum atomic E-state index is 12.2. The number of nitrogens with one attached hydrogen (secondary N) is 2. The van der Waals surface area contributed by atoms with Crippen molar-refractivity contribution in [3.05, 3.63) is 0 Å². The van der Waals surface area contributed by atoms with Gasteiger partial charge in [-0.1, -0.05) is 6.42 Å². The van der Waals surface area contributed by atoms with E-state index in [1.165, 1.54) is 19.3 Å². The summed E-state index contributed by atoms with van der Waals surface area (Å²) in [5.74, 6) is 0.544. The van der Waals surface area contributed by atoms with Crippen molar-refractivity contribution in [3.63, 3.8) is 0 Å². The zero-order valence-electron chi connectivity index (χ0n) is 10.0. The van der Waals surface area contributed by atoms with E-state index < -0.39 is 12.5 Å². The Morgan fingerprint density at radius 1 is 1.24 bits per heavy atom. The summed E-state index contributed by atoms with van der Waals surface area (Å²) in [6, 6.07) is 0.831. The summed E-state index contributed by atoms with van der Waals surface area (Å²) in [5, 5.41) is 15.7. The normalized spacial score (nSPS) is 35.6. The molecule has 1 saturated heterocycles. The van der Waals surface area contributed by atoms with Gasteiger partial charge in [-0.05, 0) is 38.1 Å². The second kappa shape index (κ2) is 6.07. The molecule has 2 fully saturated rings. The molecule has 1 heterocycles. The van der Waals surface area contributed by atoms with Crippen LogP contribution in [0.25, 0.3) is 0 Å². The van der Waals surface area contributed by atoms with Crippen LogP contribution >= 0.6 is 0 Å². The number of alkyl halides is 2. The van der Waals surface area contributed by atoms with Gasteiger partial charge in [-0.25, -0.2) is 8.78 Å². The maximum absolute atomic E-state index is 12.2. The topological polar surface area (TPSA) is 44.3 Å². The lowest BCUT2D eigenvalue weighted by atomic mass is 9.93. The summed E-state index contributed by atoms with van der Waals surface area (Å²) in [4.78, 5) is 0. The van der Waals surface area contributed by atoms with Crippen LogP contribution in [0, 0.1) is 5.92 Å². The SMILES string of the molecule is OC(CNC1CCCC1C1CCCN1)C(F)F. The molecule has 4 unspecified atom stereocenters. The van der Waals surface area contributed by atoms with Gasteiger partial charge in [0.15, 0.2) is 0 Å². The molecule has 0 aromatic rings. The zero-order valence-corrected chi connectivity index (χ0v) is 10.0. The number of aliphatic hydroxyl groups is 1. The van der Waals surface area contributed by atoms with Crippen molar-refractivity contribution < 1.29 is 13.9 Å².